The zero-order valence-electron chi connectivity index (χ0n) is 25.7. The van der Waals surface area contributed by atoms with Gasteiger partial charge in [-0.05, 0) is 117 Å². The van der Waals surface area contributed by atoms with Crippen molar-refractivity contribution in [3.05, 3.63) is 11.6 Å². The van der Waals surface area contributed by atoms with Gasteiger partial charge in [-0.1, -0.05) is 65.5 Å². The average Bonchev–Trinajstić information content (AvgIpc) is 3.26. The van der Waals surface area contributed by atoms with Crippen molar-refractivity contribution < 1.29 is 14.6 Å². The van der Waals surface area contributed by atoms with Crippen molar-refractivity contribution in [2.24, 2.45) is 52.1 Å². The van der Waals surface area contributed by atoms with Crippen molar-refractivity contribution in [1.29, 1.82) is 0 Å². The number of hydrogen-bond donors (Lipinski definition) is 3. The number of amides is 1. The molecule has 224 valence electrons. The minimum absolute atomic E-state index is 0.0364. The zero-order chi connectivity index (χ0) is 28.0. The molecule has 6 nitrogen and oxygen atoms in total. The molecule has 4 aliphatic rings. The topological polar surface area (TPSA) is 85.6 Å². The van der Waals surface area contributed by atoms with Gasteiger partial charge in [0.25, 0.3) is 0 Å². The first-order valence-corrected chi connectivity index (χ1v) is 16.4. The lowest BCUT2D eigenvalue weighted by Gasteiger charge is -2.58. The van der Waals surface area contributed by atoms with Crippen LogP contribution < -0.4 is 16.4 Å². The number of nitrogens with one attached hydrogen (secondary N) is 2. The highest BCUT2D eigenvalue weighted by Gasteiger charge is 2.59. The number of allylic oxidation sites excluding steroid dienone is 1. The quantitative estimate of drug-likeness (QED) is 0.100. The predicted octanol–water partition coefficient (Wildman–Crippen LogP) is 6.99. The van der Waals surface area contributed by atoms with Crippen molar-refractivity contribution in [1.82, 2.24) is 10.6 Å². The van der Waals surface area contributed by atoms with Gasteiger partial charge in [-0.3, -0.25) is 4.89 Å². The van der Waals surface area contributed by atoms with Crippen molar-refractivity contribution in [2.75, 3.05) is 26.2 Å². The van der Waals surface area contributed by atoms with Crippen LogP contribution in [0.15, 0.2) is 11.6 Å². The van der Waals surface area contributed by atoms with E-state index in [9.17, 15) is 4.79 Å². The van der Waals surface area contributed by atoms with Gasteiger partial charge in [0.15, 0.2) is 0 Å². The summed E-state index contributed by atoms with van der Waals surface area (Å²) in [5.41, 5.74) is 7.87. The highest BCUT2D eigenvalue weighted by atomic mass is 17.2. The molecule has 6 heteroatoms. The molecule has 0 heterocycles. The summed E-state index contributed by atoms with van der Waals surface area (Å²) in [5.74, 6) is 5.10. The van der Waals surface area contributed by atoms with E-state index in [-0.39, 0.29) is 11.5 Å². The Morgan fingerprint density at radius 3 is 2.62 bits per heavy atom. The molecule has 0 aromatic rings. The number of hydrogen-bond acceptors (Lipinski definition) is 5. The largest absolute Gasteiger partial charge is 0.438 e. The lowest BCUT2D eigenvalue weighted by Crippen LogP contribution is -2.51. The maximum absolute atomic E-state index is 12.1. The van der Waals surface area contributed by atoms with Gasteiger partial charge in [0.1, 0.15) is 6.10 Å². The van der Waals surface area contributed by atoms with E-state index >= 15 is 0 Å². The van der Waals surface area contributed by atoms with Crippen LogP contribution in [0.3, 0.4) is 0 Å². The molecular weight excluding hydrogens is 486 g/mol. The molecule has 0 unspecified atom stereocenters. The Hall–Kier alpha value is -1.11. The summed E-state index contributed by atoms with van der Waals surface area (Å²) in [5, 5.41) is 6.00. The van der Waals surface area contributed by atoms with E-state index in [1.165, 1.54) is 51.4 Å². The van der Waals surface area contributed by atoms with Gasteiger partial charge in [-0.2, -0.15) is 4.89 Å². The summed E-state index contributed by atoms with van der Waals surface area (Å²) in [6.45, 7) is 15.3. The SMILES string of the molecule is CC(C)CCC[C@@H](C)[C@H]1CC[C@H]2[C@@H]3CC=C4C[C@@H](OOC(=O)NCCNCCCN)CC[C@]4(C)[C@H]3CC[C@]12C. The van der Waals surface area contributed by atoms with Crippen LogP contribution in [0.25, 0.3) is 0 Å². The number of carbonyl (C=O) groups is 1. The van der Waals surface area contributed by atoms with Crippen molar-refractivity contribution >= 4 is 6.09 Å². The molecular formula is C33H59N3O3. The Balaban J connectivity index is 1.28. The van der Waals surface area contributed by atoms with E-state index < -0.39 is 6.09 Å². The van der Waals surface area contributed by atoms with Crippen molar-refractivity contribution in [3.63, 3.8) is 0 Å². The third kappa shape index (κ3) is 7.04. The maximum Gasteiger partial charge on any atom is 0.438 e. The lowest BCUT2D eigenvalue weighted by molar-refractivity contribution is -0.278. The van der Waals surface area contributed by atoms with E-state index in [0.29, 0.717) is 25.0 Å². The molecule has 0 radical (unpaired) electrons. The van der Waals surface area contributed by atoms with Crippen LogP contribution in [-0.2, 0) is 9.78 Å². The Morgan fingerprint density at radius 1 is 1.03 bits per heavy atom. The Bertz CT molecular complexity index is 831. The van der Waals surface area contributed by atoms with E-state index in [4.69, 9.17) is 15.5 Å². The molecule has 39 heavy (non-hydrogen) atoms. The molecule has 0 aromatic heterocycles. The molecule has 3 fully saturated rings. The van der Waals surface area contributed by atoms with Gasteiger partial charge in [-0.15, -0.1) is 0 Å². The second-order valence-corrected chi connectivity index (χ2v) is 14.4. The number of fused-ring (bicyclic) bond motifs is 5. The fourth-order valence-electron chi connectivity index (χ4n) is 9.48. The summed E-state index contributed by atoms with van der Waals surface area (Å²) >= 11 is 0. The summed E-state index contributed by atoms with van der Waals surface area (Å²) in [6, 6.07) is 0. The molecule has 0 aliphatic heterocycles. The van der Waals surface area contributed by atoms with Crippen LogP contribution in [0.1, 0.15) is 112 Å². The summed E-state index contributed by atoms with van der Waals surface area (Å²) in [4.78, 5) is 22.9. The monoisotopic (exact) mass is 545 g/mol. The first-order chi connectivity index (χ1) is 18.7. The third-order valence-electron chi connectivity index (χ3n) is 11.6. The average molecular weight is 546 g/mol. The van der Waals surface area contributed by atoms with E-state index in [2.05, 4.69) is 51.3 Å². The fraction of sp³-hybridized carbons (Fsp3) is 0.909. The van der Waals surface area contributed by atoms with Gasteiger partial charge in [0, 0.05) is 13.1 Å². The summed E-state index contributed by atoms with van der Waals surface area (Å²) in [7, 11) is 0. The smallest absolute Gasteiger partial charge is 0.330 e. The lowest BCUT2D eigenvalue weighted by atomic mass is 9.47. The molecule has 8 atom stereocenters. The van der Waals surface area contributed by atoms with Crippen molar-refractivity contribution in [2.45, 2.75) is 118 Å². The number of nitrogens with two attached hydrogens (primary N) is 1. The van der Waals surface area contributed by atoms with Crippen LogP contribution in [0.4, 0.5) is 4.79 Å². The van der Waals surface area contributed by atoms with Crippen LogP contribution in [0.5, 0.6) is 0 Å². The molecule has 0 saturated heterocycles. The Kier molecular flexibility index (Phi) is 10.8. The molecule has 4 aliphatic carbocycles. The standard InChI is InChI=1S/C33H59N3O3/c1-23(2)8-6-9-24(3)28-12-13-29-27-11-10-25-22-26(38-39-31(37)36-21-20-35-19-7-18-34)14-16-32(25,4)30(27)15-17-33(28,29)5/h10,23-24,26-30,35H,6-9,11-22,34H2,1-5H3,(H,36,37)/t24-,26+,27+,28-,29+,30+,32+,33-/m1/s1. The molecule has 4 N–H and O–H groups in total. The van der Waals surface area contributed by atoms with E-state index in [1.807, 2.05) is 0 Å². The van der Waals surface area contributed by atoms with Gasteiger partial charge in [-0.25, -0.2) is 4.79 Å². The first-order valence-electron chi connectivity index (χ1n) is 16.4. The predicted molar refractivity (Wildman–Crippen MR) is 159 cm³/mol. The zero-order valence-corrected chi connectivity index (χ0v) is 25.7. The summed E-state index contributed by atoms with van der Waals surface area (Å²) in [6.07, 6.45) is 17.1. The molecule has 0 spiro atoms. The third-order valence-corrected chi connectivity index (χ3v) is 11.6. The second kappa shape index (κ2) is 13.7. The number of carbonyl (C=O) groups excluding carboxylic acids is 1. The second-order valence-electron chi connectivity index (χ2n) is 14.4. The normalized spacial score (nSPS) is 36.5. The molecule has 0 aromatic carbocycles. The highest BCUT2D eigenvalue weighted by Crippen LogP contribution is 2.67. The van der Waals surface area contributed by atoms with Crippen molar-refractivity contribution in [3.8, 4) is 0 Å². The van der Waals surface area contributed by atoms with E-state index in [1.54, 1.807) is 5.57 Å². The maximum atomic E-state index is 12.1. The first kappa shape index (κ1) is 30.8. The number of rotatable bonds is 13. The van der Waals surface area contributed by atoms with Crippen LogP contribution >= 0.6 is 0 Å². The van der Waals surface area contributed by atoms with Crippen LogP contribution in [-0.4, -0.2) is 38.4 Å². The summed E-state index contributed by atoms with van der Waals surface area (Å²) < 4.78 is 0. The molecule has 0 bridgehead atoms. The van der Waals surface area contributed by atoms with Crippen LogP contribution in [0.2, 0.25) is 0 Å². The van der Waals surface area contributed by atoms with Gasteiger partial charge < -0.3 is 16.4 Å². The van der Waals surface area contributed by atoms with Gasteiger partial charge in [0.05, 0.1) is 0 Å². The minimum Gasteiger partial charge on any atom is -0.330 e. The Morgan fingerprint density at radius 2 is 1.85 bits per heavy atom. The highest BCUT2D eigenvalue weighted by molar-refractivity contribution is 5.66. The molecule has 4 rings (SSSR count). The van der Waals surface area contributed by atoms with Crippen LogP contribution in [0, 0.1) is 46.3 Å². The van der Waals surface area contributed by atoms with Gasteiger partial charge >= 0.3 is 6.09 Å². The minimum atomic E-state index is -0.498. The Labute approximate surface area is 238 Å². The van der Waals surface area contributed by atoms with E-state index in [0.717, 1.165) is 67.7 Å². The molecule has 1 amide bonds. The fourth-order valence-corrected chi connectivity index (χ4v) is 9.48. The van der Waals surface area contributed by atoms with Gasteiger partial charge in [0.2, 0.25) is 0 Å². The molecule has 3 saturated carbocycles.